The highest BCUT2D eigenvalue weighted by atomic mass is 79.9. The second-order valence-electron chi connectivity index (χ2n) is 5.18. The molecule has 2 nitrogen and oxygen atoms in total. The maximum absolute atomic E-state index is 10.4. The molecule has 0 fully saturated rings. The van der Waals surface area contributed by atoms with Crippen LogP contribution in [-0.2, 0) is 19.3 Å². The summed E-state index contributed by atoms with van der Waals surface area (Å²) < 4.78 is 0.936. The Bertz CT molecular complexity index is 443. The Hall–Kier alpha value is -0.540. The molecule has 2 rings (SSSR count). The van der Waals surface area contributed by atoms with Gasteiger partial charge in [-0.25, -0.2) is 0 Å². The largest absolute Gasteiger partial charge is 0.506 e. The van der Waals surface area contributed by atoms with E-state index in [1.165, 1.54) is 29.5 Å². The van der Waals surface area contributed by atoms with Gasteiger partial charge >= 0.3 is 0 Å². The molecule has 0 amide bonds. The number of unbranched alkanes of at least 4 members (excludes halogenated alkanes) is 1. The first-order valence-electron chi connectivity index (χ1n) is 6.88. The summed E-state index contributed by atoms with van der Waals surface area (Å²) in [6.07, 6.45) is 7.76. The topological polar surface area (TPSA) is 46.2 Å². The third-order valence-corrected chi connectivity index (χ3v) is 4.87. The molecule has 1 aromatic carbocycles. The van der Waals surface area contributed by atoms with Gasteiger partial charge in [-0.2, -0.15) is 0 Å². The number of aromatic hydroxyl groups is 1. The second-order valence-corrected chi connectivity index (χ2v) is 5.97. The van der Waals surface area contributed by atoms with Crippen molar-refractivity contribution in [2.45, 2.75) is 51.9 Å². The van der Waals surface area contributed by atoms with Crippen LogP contribution < -0.4 is 5.73 Å². The molecule has 18 heavy (non-hydrogen) atoms. The summed E-state index contributed by atoms with van der Waals surface area (Å²) in [7, 11) is 0. The zero-order chi connectivity index (χ0) is 13.1. The molecule has 0 saturated heterocycles. The van der Waals surface area contributed by atoms with Gasteiger partial charge in [-0.1, -0.05) is 0 Å². The molecule has 0 saturated carbocycles. The SMILES string of the molecule is Cc1c(CCCCN)c(O)c(Br)c2c1CCCC2. The van der Waals surface area contributed by atoms with Gasteiger partial charge in [0.2, 0.25) is 0 Å². The fourth-order valence-electron chi connectivity index (χ4n) is 2.95. The van der Waals surface area contributed by atoms with Gasteiger partial charge in [-0.3, -0.25) is 0 Å². The highest BCUT2D eigenvalue weighted by Crippen LogP contribution is 2.40. The van der Waals surface area contributed by atoms with Crippen molar-refractivity contribution < 1.29 is 5.11 Å². The van der Waals surface area contributed by atoms with Gasteiger partial charge in [-0.05, 0) is 96.6 Å². The van der Waals surface area contributed by atoms with E-state index in [4.69, 9.17) is 5.73 Å². The number of rotatable bonds is 4. The highest BCUT2D eigenvalue weighted by Gasteiger charge is 2.21. The number of halogens is 1. The number of phenolic OH excluding ortho intramolecular Hbond substituents is 1. The monoisotopic (exact) mass is 311 g/mol. The summed E-state index contributed by atoms with van der Waals surface area (Å²) in [4.78, 5) is 0. The van der Waals surface area contributed by atoms with Crippen LogP contribution in [0.5, 0.6) is 5.75 Å². The van der Waals surface area contributed by atoms with Crippen LogP contribution in [0.25, 0.3) is 0 Å². The Balaban J connectivity index is 2.37. The second kappa shape index (κ2) is 6.07. The molecule has 0 aliphatic heterocycles. The highest BCUT2D eigenvalue weighted by molar-refractivity contribution is 9.10. The van der Waals surface area contributed by atoms with E-state index in [2.05, 4.69) is 22.9 Å². The molecule has 0 radical (unpaired) electrons. The molecular formula is C15H22BrNO. The number of nitrogens with two attached hydrogens (primary N) is 1. The van der Waals surface area contributed by atoms with Crippen LogP contribution in [0.1, 0.15) is 47.9 Å². The summed E-state index contributed by atoms with van der Waals surface area (Å²) in [5.41, 5.74) is 10.8. The first kappa shape index (κ1) is 13.9. The summed E-state index contributed by atoms with van der Waals surface area (Å²) in [6, 6.07) is 0. The minimum absolute atomic E-state index is 0.463. The minimum Gasteiger partial charge on any atom is -0.506 e. The van der Waals surface area contributed by atoms with E-state index >= 15 is 0 Å². The van der Waals surface area contributed by atoms with Crippen molar-refractivity contribution in [3.8, 4) is 5.75 Å². The number of hydrogen-bond acceptors (Lipinski definition) is 2. The van der Waals surface area contributed by atoms with Crippen molar-refractivity contribution in [1.82, 2.24) is 0 Å². The molecule has 0 bridgehead atoms. The smallest absolute Gasteiger partial charge is 0.133 e. The van der Waals surface area contributed by atoms with E-state index in [1.807, 2.05) is 0 Å². The lowest BCUT2D eigenvalue weighted by atomic mass is 9.85. The van der Waals surface area contributed by atoms with Gasteiger partial charge in [0.15, 0.2) is 0 Å². The molecule has 1 aliphatic carbocycles. The summed E-state index contributed by atoms with van der Waals surface area (Å²) in [5.74, 6) is 0.463. The van der Waals surface area contributed by atoms with E-state index in [9.17, 15) is 5.11 Å². The van der Waals surface area contributed by atoms with Gasteiger partial charge in [-0.15, -0.1) is 0 Å². The van der Waals surface area contributed by atoms with Crippen molar-refractivity contribution in [2.75, 3.05) is 6.54 Å². The fourth-order valence-corrected chi connectivity index (χ4v) is 3.63. The predicted molar refractivity (Wildman–Crippen MR) is 79.2 cm³/mol. The zero-order valence-electron chi connectivity index (χ0n) is 11.1. The quantitative estimate of drug-likeness (QED) is 0.834. The standard InChI is InChI=1S/C15H22BrNO/c1-10-11-6-2-3-8-13(11)14(16)15(18)12(10)7-4-5-9-17/h18H,2-9,17H2,1H3. The predicted octanol–water partition coefficient (Wildman–Crippen LogP) is 3.62. The number of fused-ring (bicyclic) bond motifs is 1. The first-order chi connectivity index (χ1) is 8.66. The van der Waals surface area contributed by atoms with Crippen LogP contribution in [0, 0.1) is 6.92 Å². The Morgan fingerprint density at radius 3 is 2.50 bits per heavy atom. The van der Waals surface area contributed by atoms with E-state index < -0.39 is 0 Å². The minimum atomic E-state index is 0.463. The normalized spacial score (nSPS) is 14.6. The molecule has 1 aromatic rings. The summed E-state index contributed by atoms with van der Waals surface area (Å²) >= 11 is 3.59. The lowest BCUT2D eigenvalue weighted by Gasteiger charge is -2.23. The molecular weight excluding hydrogens is 290 g/mol. The zero-order valence-corrected chi connectivity index (χ0v) is 12.6. The first-order valence-corrected chi connectivity index (χ1v) is 7.67. The molecule has 0 aromatic heterocycles. The third kappa shape index (κ3) is 2.57. The lowest BCUT2D eigenvalue weighted by Crippen LogP contribution is -2.09. The van der Waals surface area contributed by atoms with Crippen molar-refractivity contribution in [2.24, 2.45) is 5.73 Å². The molecule has 0 heterocycles. The number of phenols is 1. The fraction of sp³-hybridized carbons (Fsp3) is 0.600. The van der Waals surface area contributed by atoms with E-state index in [0.717, 1.165) is 48.7 Å². The van der Waals surface area contributed by atoms with Gasteiger partial charge in [0.25, 0.3) is 0 Å². The molecule has 1 aliphatic rings. The van der Waals surface area contributed by atoms with Crippen molar-refractivity contribution >= 4 is 15.9 Å². The average molecular weight is 312 g/mol. The molecule has 3 N–H and O–H groups in total. The van der Waals surface area contributed by atoms with E-state index in [-0.39, 0.29) is 0 Å². The van der Waals surface area contributed by atoms with Crippen LogP contribution in [0.15, 0.2) is 4.47 Å². The Kier molecular flexibility index (Phi) is 4.68. The van der Waals surface area contributed by atoms with Gasteiger partial charge < -0.3 is 10.8 Å². The maximum Gasteiger partial charge on any atom is 0.133 e. The average Bonchev–Trinajstić information content (AvgIpc) is 2.40. The lowest BCUT2D eigenvalue weighted by molar-refractivity contribution is 0.459. The molecule has 0 unspecified atom stereocenters. The van der Waals surface area contributed by atoms with Crippen LogP contribution in [0.2, 0.25) is 0 Å². The summed E-state index contributed by atoms with van der Waals surface area (Å²) in [6.45, 7) is 2.89. The van der Waals surface area contributed by atoms with Crippen molar-refractivity contribution in [3.63, 3.8) is 0 Å². The van der Waals surface area contributed by atoms with Gasteiger partial charge in [0.1, 0.15) is 5.75 Å². The molecule has 0 atom stereocenters. The molecule has 100 valence electrons. The van der Waals surface area contributed by atoms with Crippen LogP contribution in [0.3, 0.4) is 0 Å². The number of benzene rings is 1. The van der Waals surface area contributed by atoms with Crippen LogP contribution in [0.4, 0.5) is 0 Å². The van der Waals surface area contributed by atoms with Crippen molar-refractivity contribution in [1.29, 1.82) is 0 Å². The molecule has 3 heteroatoms. The third-order valence-electron chi connectivity index (χ3n) is 4.01. The van der Waals surface area contributed by atoms with E-state index in [0.29, 0.717) is 5.75 Å². The number of hydrogen-bond donors (Lipinski definition) is 2. The Labute approximate surface area is 118 Å². The molecule has 0 spiro atoms. The van der Waals surface area contributed by atoms with Crippen molar-refractivity contribution in [3.05, 3.63) is 26.7 Å². The Morgan fingerprint density at radius 2 is 1.83 bits per heavy atom. The van der Waals surface area contributed by atoms with Crippen LogP contribution in [-0.4, -0.2) is 11.7 Å². The van der Waals surface area contributed by atoms with E-state index in [1.54, 1.807) is 0 Å². The van der Waals surface area contributed by atoms with Gasteiger partial charge in [0, 0.05) is 0 Å². The summed E-state index contributed by atoms with van der Waals surface area (Å²) in [5, 5.41) is 10.4. The van der Waals surface area contributed by atoms with Gasteiger partial charge in [0.05, 0.1) is 4.47 Å². The van der Waals surface area contributed by atoms with Crippen LogP contribution >= 0.6 is 15.9 Å². The Morgan fingerprint density at radius 1 is 1.17 bits per heavy atom. The maximum atomic E-state index is 10.4.